The molecule has 2 aliphatic heterocycles. The molecule has 1 atom stereocenters. The molecule has 0 bridgehead atoms. The number of rotatable bonds is 6. The standard InChI is InChI=1S/C23H23NO7/c1-28-10-9-24-20(15-5-3-4-6-16(15)29-2)19(22(26)23(24)27)21(25)14-7-8-17-18(13-14)31-12-11-30-17/h3-8,13,20,25H,9-12H2,1-2H3. The molecule has 0 saturated carbocycles. The molecule has 1 fully saturated rings. The van der Waals surface area contributed by atoms with Crippen LogP contribution in [0.2, 0.25) is 0 Å². The summed E-state index contributed by atoms with van der Waals surface area (Å²) in [7, 11) is 3.03. The Morgan fingerprint density at radius 1 is 1.10 bits per heavy atom. The molecule has 1 saturated heterocycles. The third-order valence-corrected chi connectivity index (χ3v) is 5.33. The number of aliphatic hydroxyl groups excluding tert-OH is 1. The molecular formula is C23H23NO7. The molecule has 0 radical (unpaired) electrons. The van der Waals surface area contributed by atoms with Crippen LogP contribution in [0, 0.1) is 0 Å². The molecule has 0 spiro atoms. The molecule has 1 amide bonds. The molecule has 2 heterocycles. The number of amides is 1. The average molecular weight is 425 g/mol. The van der Waals surface area contributed by atoms with Gasteiger partial charge in [-0.1, -0.05) is 18.2 Å². The van der Waals surface area contributed by atoms with Gasteiger partial charge in [0.25, 0.3) is 11.7 Å². The predicted octanol–water partition coefficient (Wildman–Crippen LogP) is 2.53. The van der Waals surface area contributed by atoms with Crippen molar-refractivity contribution in [2.24, 2.45) is 0 Å². The molecule has 2 aromatic carbocycles. The average Bonchev–Trinajstić information content (AvgIpc) is 3.06. The molecule has 31 heavy (non-hydrogen) atoms. The van der Waals surface area contributed by atoms with E-state index in [0.717, 1.165) is 0 Å². The highest BCUT2D eigenvalue weighted by molar-refractivity contribution is 6.46. The number of benzene rings is 2. The minimum atomic E-state index is -0.820. The van der Waals surface area contributed by atoms with Gasteiger partial charge in [-0.25, -0.2) is 0 Å². The SMILES string of the molecule is COCCN1C(=O)C(=O)C(=C(O)c2ccc3c(c2)OCCO3)C1c1ccccc1OC. The molecule has 4 rings (SSSR count). The summed E-state index contributed by atoms with van der Waals surface area (Å²) in [6.07, 6.45) is 0. The first-order valence-electron chi connectivity index (χ1n) is 9.87. The first-order valence-corrected chi connectivity index (χ1v) is 9.87. The minimum Gasteiger partial charge on any atom is -0.507 e. The Hall–Kier alpha value is -3.52. The molecule has 8 nitrogen and oxygen atoms in total. The number of methoxy groups -OCH3 is 2. The van der Waals surface area contributed by atoms with E-state index >= 15 is 0 Å². The maximum atomic E-state index is 13.0. The van der Waals surface area contributed by atoms with E-state index < -0.39 is 17.7 Å². The van der Waals surface area contributed by atoms with Crippen LogP contribution in [0.25, 0.3) is 5.76 Å². The quantitative estimate of drug-likeness (QED) is 0.432. The fourth-order valence-electron chi connectivity index (χ4n) is 3.86. The number of hydrogen-bond donors (Lipinski definition) is 1. The number of ketones is 1. The fraction of sp³-hybridized carbons (Fsp3) is 0.304. The number of carbonyl (C=O) groups is 2. The lowest BCUT2D eigenvalue weighted by Gasteiger charge is -2.26. The first kappa shape index (κ1) is 20.7. The molecule has 2 aromatic rings. The molecule has 8 heteroatoms. The second-order valence-electron chi connectivity index (χ2n) is 7.09. The summed E-state index contributed by atoms with van der Waals surface area (Å²) in [5.74, 6) is -0.218. The normalized spacial score (nSPS) is 19.5. The molecular weight excluding hydrogens is 402 g/mol. The highest BCUT2D eigenvalue weighted by Crippen LogP contribution is 2.43. The summed E-state index contributed by atoms with van der Waals surface area (Å²) in [6.45, 7) is 1.25. The van der Waals surface area contributed by atoms with Crippen molar-refractivity contribution >= 4 is 17.4 Å². The predicted molar refractivity (Wildman–Crippen MR) is 111 cm³/mol. The van der Waals surface area contributed by atoms with E-state index in [0.29, 0.717) is 41.6 Å². The monoisotopic (exact) mass is 425 g/mol. The van der Waals surface area contributed by atoms with Crippen LogP contribution in [0.3, 0.4) is 0 Å². The summed E-state index contributed by atoms with van der Waals surface area (Å²) in [5, 5.41) is 11.2. The summed E-state index contributed by atoms with van der Waals surface area (Å²) in [6, 6.07) is 11.2. The zero-order valence-electron chi connectivity index (χ0n) is 17.3. The van der Waals surface area contributed by atoms with Crippen LogP contribution in [0.1, 0.15) is 17.2 Å². The van der Waals surface area contributed by atoms with Crippen LogP contribution < -0.4 is 14.2 Å². The van der Waals surface area contributed by atoms with Gasteiger partial charge in [0.1, 0.15) is 24.7 Å². The van der Waals surface area contributed by atoms with E-state index in [1.807, 2.05) is 0 Å². The first-order chi connectivity index (χ1) is 15.1. The summed E-state index contributed by atoms with van der Waals surface area (Å²) in [5.41, 5.74) is 0.940. The second kappa shape index (κ2) is 8.69. The van der Waals surface area contributed by atoms with E-state index in [1.165, 1.54) is 19.1 Å². The summed E-state index contributed by atoms with van der Waals surface area (Å²) in [4.78, 5) is 27.3. The Labute approximate surface area is 179 Å². The zero-order valence-corrected chi connectivity index (χ0v) is 17.3. The highest BCUT2D eigenvalue weighted by Gasteiger charge is 2.46. The molecule has 0 aliphatic carbocycles. The fourth-order valence-corrected chi connectivity index (χ4v) is 3.86. The summed E-state index contributed by atoms with van der Waals surface area (Å²) < 4.78 is 21.7. The Morgan fingerprint density at radius 3 is 2.58 bits per heavy atom. The van der Waals surface area contributed by atoms with Crippen LogP contribution in [0.5, 0.6) is 17.2 Å². The van der Waals surface area contributed by atoms with Crippen molar-refractivity contribution in [1.82, 2.24) is 4.90 Å². The maximum absolute atomic E-state index is 13.0. The van der Waals surface area contributed by atoms with E-state index in [2.05, 4.69) is 0 Å². The topological polar surface area (TPSA) is 94.5 Å². The van der Waals surface area contributed by atoms with Gasteiger partial charge in [0.2, 0.25) is 0 Å². The minimum absolute atomic E-state index is 0.0118. The third-order valence-electron chi connectivity index (χ3n) is 5.33. The van der Waals surface area contributed by atoms with Gasteiger partial charge < -0.3 is 29.0 Å². The van der Waals surface area contributed by atoms with Crippen molar-refractivity contribution in [3.63, 3.8) is 0 Å². The Bertz CT molecular complexity index is 1050. The lowest BCUT2D eigenvalue weighted by Crippen LogP contribution is -2.32. The van der Waals surface area contributed by atoms with Crippen molar-refractivity contribution < 1.29 is 33.6 Å². The van der Waals surface area contributed by atoms with Crippen LogP contribution >= 0.6 is 0 Å². The molecule has 162 valence electrons. The van der Waals surface area contributed by atoms with E-state index in [-0.39, 0.29) is 24.5 Å². The molecule has 0 aromatic heterocycles. The van der Waals surface area contributed by atoms with Gasteiger partial charge >= 0.3 is 0 Å². The number of nitrogens with zero attached hydrogens (tertiary/aromatic N) is 1. The number of fused-ring (bicyclic) bond motifs is 1. The van der Waals surface area contributed by atoms with Crippen LogP contribution in [-0.4, -0.2) is 62.3 Å². The number of aliphatic hydroxyl groups is 1. The van der Waals surface area contributed by atoms with Gasteiger partial charge in [0.15, 0.2) is 11.5 Å². The van der Waals surface area contributed by atoms with Crippen LogP contribution in [0.4, 0.5) is 0 Å². The van der Waals surface area contributed by atoms with E-state index in [9.17, 15) is 14.7 Å². The van der Waals surface area contributed by atoms with Gasteiger partial charge in [-0.2, -0.15) is 0 Å². The van der Waals surface area contributed by atoms with Crippen molar-refractivity contribution in [2.75, 3.05) is 40.6 Å². The van der Waals surface area contributed by atoms with Gasteiger partial charge in [0.05, 0.1) is 25.3 Å². The molecule has 1 N–H and O–H groups in total. The third kappa shape index (κ3) is 3.70. The number of para-hydroxylation sites is 1. The Morgan fingerprint density at radius 2 is 1.84 bits per heavy atom. The summed E-state index contributed by atoms with van der Waals surface area (Å²) >= 11 is 0. The number of Topliss-reactive ketones (excluding diaryl/α,β-unsaturated/α-hetero) is 1. The zero-order chi connectivity index (χ0) is 22.0. The lowest BCUT2D eigenvalue weighted by atomic mass is 9.94. The van der Waals surface area contributed by atoms with E-state index in [4.69, 9.17) is 18.9 Å². The number of carbonyl (C=O) groups excluding carboxylic acids is 2. The lowest BCUT2D eigenvalue weighted by molar-refractivity contribution is -0.140. The van der Waals surface area contributed by atoms with Crippen molar-refractivity contribution in [1.29, 1.82) is 0 Å². The van der Waals surface area contributed by atoms with Crippen molar-refractivity contribution in [3.05, 3.63) is 59.2 Å². The van der Waals surface area contributed by atoms with Gasteiger partial charge in [-0.05, 0) is 24.3 Å². The van der Waals surface area contributed by atoms with E-state index in [1.54, 1.807) is 42.5 Å². The highest BCUT2D eigenvalue weighted by atomic mass is 16.6. The van der Waals surface area contributed by atoms with Crippen molar-refractivity contribution in [3.8, 4) is 17.2 Å². The molecule has 2 aliphatic rings. The maximum Gasteiger partial charge on any atom is 0.295 e. The second-order valence-corrected chi connectivity index (χ2v) is 7.09. The van der Waals surface area contributed by atoms with Gasteiger partial charge in [0, 0.05) is 24.8 Å². The number of hydrogen-bond acceptors (Lipinski definition) is 7. The van der Waals surface area contributed by atoms with Crippen LogP contribution in [-0.2, 0) is 14.3 Å². The van der Waals surface area contributed by atoms with Crippen molar-refractivity contribution in [2.45, 2.75) is 6.04 Å². The Kier molecular flexibility index (Phi) is 5.81. The smallest absolute Gasteiger partial charge is 0.295 e. The molecule has 1 unspecified atom stereocenters. The number of likely N-dealkylation sites (tertiary alicyclic amines) is 1. The number of ether oxygens (including phenoxy) is 4. The largest absolute Gasteiger partial charge is 0.507 e. The Balaban J connectivity index is 1.86. The van der Waals surface area contributed by atoms with Crippen LogP contribution in [0.15, 0.2) is 48.0 Å². The van der Waals surface area contributed by atoms with Gasteiger partial charge in [-0.3, -0.25) is 9.59 Å². The van der Waals surface area contributed by atoms with Gasteiger partial charge in [-0.15, -0.1) is 0 Å².